The highest BCUT2D eigenvalue weighted by atomic mass is 16.5. The van der Waals surface area contributed by atoms with Crippen molar-refractivity contribution in [2.75, 3.05) is 26.2 Å². The molecule has 0 saturated carbocycles. The summed E-state index contributed by atoms with van der Waals surface area (Å²) in [6.45, 7) is 6.62. The van der Waals surface area contributed by atoms with Gasteiger partial charge in [-0.3, -0.25) is 4.99 Å². The minimum atomic E-state index is 0.167. The van der Waals surface area contributed by atoms with E-state index in [1.165, 1.54) is 16.7 Å². The molecule has 2 unspecified atom stereocenters. The van der Waals surface area contributed by atoms with E-state index in [4.69, 9.17) is 9.73 Å². The second kappa shape index (κ2) is 8.57. The van der Waals surface area contributed by atoms with Crippen molar-refractivity contribution in [2.24, 2.45) is 10.9 Å². The average molecular weight is 364 g/mol. The number of fused-ring (bicyclic) bond motifs is 1. The van der Waals surface area contributed by atoms with Gasteiger partial charge in [-0.05, 0) is 36.5 Å². The third-order valence-electron chi connectivity index (χ3n) is 5.58. The lowest BCUT2D eigenvalue weighted by Gasteiger charge is -2.32. The molecule has 2 atom stereocenters. The van der Waals surface area contributed by atoms with Gasteiger partial charge in [0.2, 0.25) is 0 Å². The standard InChI is InChI=1S/C23H29N3O/c1-2-24-23(26-14-12-18-8-6-7-11-21(18)17-26)25-16-20-13-15-27-22(20)19-9-4-3-5-10-19/h3-11,20,22H,2,12-17H2,1H3,(H,24,25). The van der Waals surface area contributed by atoms with Crippen molar-refractivity contribution in [1.82, 2.24) is 10.2 Å². The van der Waals surface area contributed by atoms with Crippen molar-refractivity contribution in [3.63, 3.8) is 0 Å². The summed E-state index contributed by atoms with van der Waals surface area (Å²) in [4.78, 5) is 7.41. The summed E-state index contributed by atoms with van der Waals surface area (Å²) in [5.41, 5.74) is 4.16. The summed E-state index contributed by atoms with van der Waals surface area (Å²) in [7, 11) is 0. The van der Waals surface area contributed by atoms with E-state index >= 15 is 0 Å². The van der Waals surface area contributed by atoms with E-state index in [-0.39, 0.29) is 6.10 Å². The van der Waals surface area contributed by atoms with Crippen LogP contribution in [0.15, 0.2) is 59.6 Å². The highest BCUT2D eigenvalue weighted by Crippen LogP contribution is 2.34. The van der Waals surface area contributed by atoms with Crippen LogP contribution in [0.4, 0.5) is 0 Å². The fraction of sp³-hybridized carbons (Fsp3) is 0.435. The fourth-order valence-corrected chi connectivity index (χ4v) is 4.14. The predicted octanol–water partition coefficient (Wildman–Crippen LogP) is 3.79. The maximum Gasteiger partial charge on any atom is 0.194 e. The van der Waals surface area contributed by atoms with Crippen LogP contribution in [0.3, 0.4) is 0 Å². The van der Waals surface area contributed by atoms with Gasteiger partial charge in [0, 0.05) is 38.7 Å². The molecule has 2 aromatic rings. The predicted molar refractivity (Wildman–Crippen MR) is 110 cm³/mol. The first-order chi connectivity index (χ1) is 13.3. The van der Waals surface area contributed by atoms with E-state index < -0.39 is 0 Å². The molecule has 4 rings (SSSR count). The molecule has 1 fully saturated rings. The van der Waals surface area contributed by atoms with E-state index in [0.717, 1.165) is 51.6 Å². The average Bonchev–Trinajstić information content (AvgIpc) is 3.20. The zero-order valence-corrected chi connectivity index (χ0v) is 16.1. The van der Waals surface area contributed by atoms with Crippen molar-refractivity contribution in [1.29, 1.82) is 0 Å². The minimum Gasteiger partial charge on any atom is -0.373 e. The van der Waals surface area contributed by atoms with Crippen molar-refractivity contribution < 1.29 is 4.74 Å². The SMILES string of the molecule is CCNC(=NCC1CCOC1c1ccccc1)N1CCc2ccccc2C1. The minimum absolute atomic E-state index is 0.167. The zero-order valence-electron chi connectivity index (χ0n) is 16.1. The van der Waals surface area contributed by atoms with Crippen LogP contribution < -0.4 is 5.32 Å². The molecule has 0 spiro atoms. The van der Waals surface area contributed by atoms with Gasteiger partial charge >= 0.3 is 0 Å². The lowest BCUT2D eigenvalue weighted by molar-refractivity contribution is 0.0925. The number of hydrogen-bond donors (Lipinski definition) is 1. The Balaban J connectivity index is 1.47. The highest BCUT2D eigenvalue weighted by Gasteiger charge is 2.29. The Kier molecular flexibility index (Phi) is 5.73. The van der Waals surface area contributed by atoms with Gasteiger partial charge in [-0.15, -0.1) is 0 Å². The van der Waals surface area contributed by atoms with Crippen LogP contribution in [0.2, 0.25) is 0 Å². The summed E-state index contributed by atoms with van der Waals surface area (Å²) in [6, 6.07) is 19.3. The van der Waals surface area contributed by atoms with Gasteiger partial charge in [0.15, 0.2) is 5.96 Å². The maximum absolute atomic E-state index is 6.03. The summed E-state index contributed by atoms with van der Waals surface area (Å²) in [5.74, 6) is 1.48. The van der Waals surface area contributed by atoms with Crippen molar-refractivity contribution in [3.05, 3.63) is 71.3 Å². The molecule has 0 aromatic heterocycles. The van der Waals surface area contributed by atoms with Gasteiger partial charge < -0.3 is 15.0 Å². The molecule has 142 valence electrons. The summed E-state index contributed by atoms with van der Waals surface area (Å²) >= 11 is 0. The molecule has 2 aliphatic rings. The smallest absolute Gasteiger partial charge is 0.194 e. The Morgan fingerprint density at radius 1 is 1.11 bits per heavy atom. The van der Waals surface area contributed by atoms with E-state index in [1.54, 1.807) is 0 Å². The van der Waals surface area contributed by atoms with Crippen LogP contribution in [0, 0.1) is 5.92 Å². The number of nitrogens with one attached hydrogen (secondary N) is 1. The van der Waals surface area contributed by atoms with Crippen LogP contribution in [0.25, 0.3) is 0 Å². The van der Waals surface area contributed by atoms with Gasteiger partial charge in [-0.1, -0.05) is 54.6 Å². The molecule has 4 heteroatoms. The second-order valence-corrected chi connectivity index (χ2v) is 7.39. The summed E-state index contributed by atoms with van der Waals surface area (Å²) in [6.07, 6.45) is 2.32. The topological polar surface area (TPSA) is 36.9 Å². The van der Waals surface area contributed by atoms with Crippen LogP contribution >= 0.6 is 0 Å². The Hall–Kier alpha value is -2.33. The Morgan fingerprint density at radius 3 is 2.70 bits per heavy atom. The third kappa shape index (κ3) is 4.16. The van der Waals surface area contributed by atoms with E-state index in [9.17, 15) is 0 Å². The van der Waals surface area contributed by atoms with Gasteiger partial charge in [-0.25, -0.2) is 0 Å². The molecule has 0 amide bonds. The lowest BCUT2D eigenvalue weighted by atomic mass is 9.95. The molecule has 2 aliphatic heterocycles. The number of hydrogen-bond acceptors (Lipinski definition) is 2. The molecule has 4 nitrogen and oxygen atoms in total. The number of benzene rings is 2. The van der Waals surface area contributed by atoms with Crippen molar-refractivity contribution in [3.8, 4) is 0 Å². The first-order valence-corrected chi connectivity index (χ1v) is 10.1. The molecule has 0 aliphatic carbocycles. The molecule has 1 saturated heterocycles. The van der Waals surface area contributed by atoms with Crippen LogP contribution in [0.1, 0.15) is 36.1 Å². The number of rotatable bonds is 4. The number of nitrogens with zero attached hydrogens (tertiary/aromatic N) is 2. The Bertz CT molecular complexity index is 774. The molecule has 2 heterocycles. The number of ether oxygens (including phenoxy) is 1. The molecule has 0 radical (unpaired) electrons. The largest absolute Gasteiger partial charge is 0.373 e. The van der Waals surface area contributed by atoms with Gasteiger partial charge in [0.1, 0.15) is 0 Å². The van der Waals surface area contributed by atoms with E-state index in [2.05, 4.69) is 71.7 Å². The molecule has 27 heavy (non-hydrogen) atoms. The normalized spacial score (nSPS) is 22.6. The molecular weight excluding hydrogens is 334 g/mol. The summed E-state index contributed by atoms with van der Waals surface area (Å²) in [5, 5.41) is 3.50. The first-order valence-electron chi connectivity index (χ1n) is 10.1. The van der Waals surface area contributed by atoms with Crippen molar-refractivity contribution >= 4 is 5.96 Å². The number of guanidine groups is 1. The second-order valence-electron chi connectivity index (χ2n) is 7.39. The zero-order chi connectivity index (χ0) is 18.5. The highest BCUT2D eigenvalue weighted by molar-refractivity contribution is 5.80. The molecule has 2 aromatic carbocycles. The molecule has 0 bridgehead atoms. The maximum atomic E-state index is 6.03. The van der Waals surface area contributed by atoms with Crippen LogP contribution in [-0.2, 0) is 17.7 Å². The van der Waals surface area contributed by atoms with Gasteiger partial charge in [-0.2, -0.15) is 0 Å². The monoisotopic (exact) mass is 363 g/mol. The van der Waals surface area contributed by atoms with Gasteiger partial charge in [0.25, 0.3) is 0 Å². The van der Waals surface area contributed by atoms with E-state index in [1.807, 2.05) is 0 Å². The lowest BCUT2D eigenvalue weighted by Crippen LogP contribution is -2.44. The quantitative estimate of drug-likeness (QED) is 0.663. The Morgan fingerprint density at radius 2 is 1.89 bits per heavy atom. The molecular formula is C23H29N3O. The van der Waals surface area contributed by atoms with Crippen molar-refractivity contribution in [2.45, 2.75) is 32.4 Å². The first kappa shape index (κ1) is 18.1. The van der Waals surface area contributed by atoms with Crippen LogP contribution in [-0.4, -0.2) is 37.1 Å². The summed E-state index contributed by atoms with van der Waals surface area (Å²) < 4.78 is 6.03. The van der Waals surface area contributed by atoms with E-state index in [0.29, 0.717) is 5.92 Å². The molecule has 1 N–H and O–H groups in total. The van der Waals surface area contributed by atoms with Crippen LogP contribution in [0.5, 0.6) is 0 Å². The third-order valence-corrected chi connectivity index (χ3v) is 5.58. The van der Waals surface area contributed by atoms with Gasteiger partial charge in [0.05, 0.1) is 6.10 Å². The number of aliphatic imine (C=N–C) groups is 1. The Labute approximate surface area is 162 Å². The fourth-order valence-electron chi connectivity index (χ4n) is 4.14.